The van der Waals surface area contributed by atoms with E-state index in [2.05, 4.69) is 0 Å². The predicted octanol–water partition coefficient (Wildman–Crippen LogP) is 2.12. The number of benzene rings is 1. The first kappa shape index (κ1) is 14.8. The van der Waals surface area contributed by atoms with Crippen molar-refractivity contribution in [3.8, 4) is 5.75 Å². The number of ether oxygens (including phenoxy) is 2. The quantitative estimate of drug-likeness (QED) is 0.603. The average molecular weight is 263 g/mol. The SMILES string of the molecule is CCOC(=O)/C=C/N(C(C)=O)c1ccc(OC)cc1. The molecule has 5 nitrogen and oxygen atoms in total. The standard InChI is InChI=1S/C14H17NO4/c1-4-19-14(17)9-10-15(11(2)16)12-5-7-13(18-3)8-6-12/h5-10H,4H2,1-3H3/b10-9+. The van der Waals surface area contributed by atoms with Crippen LogP contribution in [0.3, 0.4) is 0 Å². The van der Waals surface area contributed by atoms with Crippen molar-refractivity contribution < 1.29 is 19.1 Å². The monoisotopic (exact) mass is 263 g/mol. The Morgan fingerprint density at radius 1 is 1.26 bits per heavy atom. The van der Waals surface area contributed by atoms with Crippen molar-refractivity contribution in [2.24, 2.45) is 0 Å². The molecule has 0 saturated carbocycles. The van der Waals surface area contributed by atoms with Crippen LogP contribution in [0.5, 0.6) is 5.75 Å². The molecule has 0 aliphatic rings. The molecule has 0 fully saturated rings. The number of nitrogens with zero attached hydrogens (tertiary/aromatic N) is 1. The molecule has 0 unspecified atom stereocenters. The molecule has 1 rings (SSSR count). The maximum Gasteiger partial charge on any atom is 0.332 e. The Labute approximate surface area is 112 Å². The first-order valence-electron chi connectivity index (χ1n) is 5.87. The number of methoxy groups -OCH3 is 1. The van der Waals surface area contributed by atoms with Gasteiger partial charge in [-0.05, 0) is 31.2 Å². The highest BCUT2D eigenvalue weighted by Crippen LogP contribution is 2.19. The second-order valence-corrected chi connectivity index (χ2v) is 3.65. The summed E-state index contributed by atoms with van der Waals surface area (Å²) in [6.45, 7) is 3.43. The van der Waals surface area contributed by atoms with E-state index in [1.54, 1.807) is 38.3 Å². The number of carbonyl (C=O) groups is 2. The Morgan fingerprint density at radius 2 is 1.89 bits per heavy atom. The number of esters is 1. The zero-order chi connectivity index (χ0) is 14.3. The van der Waals surface area contributed by atoms with Crippen LogP contribution >= 0.6 is 0 Å². The molecule has 0 bridgehead atoms. The van der Waals surface area contributed by atoms with Gasteiger partial charge in [-0.3, -0.25) is 9.69 Å². The molecule has 0 aliphatic carbocycles. The van der Waals surface area contributed by atoms with Gasteiger partial charge in [-0.2, -0.15) is 0 Å². The van der Waals surface area contributed by atoms with Crippen LogP contribution in [-0.2, 0) is 14.3 Å². The van der Waals surface area contributed by atoms with Gasteiger partial charge in [0.15, 0.2) is 0 Å². The summed E-state index contributed by atoms with van der Waals surface area (Å²) in [7, 11) is 1.57. The number of anilines is 1. The molecule has 1 aromatic rings. The molecule has 0 saturated heterocycles. The van der Waals surface area contributed by atoms with E-state index in [1.165, 1.54) is 24.1 Å². The highest BCUT2D eigenvalue weighted by molar-refractivity contribution is 5.95. The molecular weight excluding hydrogens is 246 g/mol. The van der Waals surface area contributed by atoms with E-state index in [0.717, 1.165) is 0 Å². The summed E-state index contributed by atoms with van der Waals surface area (Å²) < 4.78 is 9.80. The van der Waals surface area contributed by atoms with Crippen LogP contribution in [0.15, 0.2) is 36.5 Å². The lowest BCUT2D eigenvalue weighted by Crippen LogP contribution is -2.22. The van der Waals surface area contributed by atoms with Crippen molar-refractivity contribution in [1.29, 1.82) is 0 Å². The summed E-state index contributed by atoms with van der Waals surface area (Å²) in [5, 5.41) is 0. The van der Waals surface area contributed by atoms with Gasteiger partial charge in [-0.1, -0.05) is 0 Å². The zero-order valence-electron chi connectivity index (χ0n) is 11.3. The Balaban J connectivity index is 2.87. The minimum absolute atomic E-state index is 0.203. The summed E-state index contributed by atoms with van der Waals surface area (Å²) in [5.74, 6) is 0.00889. The highest BCUT2D eigenvalue weighted by atomic mass is 16.5. The Hall–Kier alpha value is -2.30. The fraction of sp³-hybridized carbons (Fsp3) is 0.286. The van der Waals surface area contributed by atoms with Crippen molar-refractivity contribution in [1.82, 2.24) is 0 Å². The van der Waals surface area contributed by atoms with E-state index in [9.17, 15) is 9.59 Å². The van der Waals surface area contributed by atoms with Gasteiger partial charge in [0.2, 0.25) is 5.91 Å². The van der Waals surface area contributed by atoms with Crippen LogP contribution in [0.4, 0.5) is 5.69 Å². The summed E-state index contributed by atoms with van der Waals surface area (Å²) in [6.07, 6.45) is 2.61. The molecule has 0 aromatic heterocycles. The van der Waals surface area contributed by atoms with E-state index < -0.39 is 5.97 Å². The van der Waals surface area contributed by atoms with Crippen LogP contribution in [0.1, 0.15) is 13.8 Å². The Bertz CT molecular complexity index is 465. The summed E-state index contributed by atoms with van der Waals surface area (Å²) >= 11 is 0. The predicted molar refractivity (Wildman–Crippen MR) is 71.9 cm³/mol. The topological polar surface area (TPSA) is 55.8 Å². The number of rotatable bonds is 5. The molecule has 0 aliphatic heterocycles. The van der Waals surface area contributed by atoms with Gasteiger partial charge in [0.1, 0.15) is 5.75 Å². The maximum absolute atomic E-state index is 11.6. The largest absolute Gasteiger partial charge is 0.497 e. The smallest absolute Gasteiger partial charge is 0.332 e. The minimum atomic E-state index is -0.484. The number of hydrogen-bond acceptors (Lipinski definition) is 4. The van der Waals surface area contributed by atoms with Crippen molar-refractivity contribution >= 4 is 17.6 Å². The average Bonchev–Trinajstić information content (AvgIpc) is 2.39. The molecule has 0 N–H and O–H groups in total. The van der Waals surface area contributed by atoms with Gasteiger partial charge in [-0.25, -0.2) is 4.79 Å². The molecule has 5 heteroatoms. The lowest BCUT2D eigenvalue weighted by atomic mass is 10.2. The van der Waals surface area contributed by atoms with Crippen molar-refractivity contribution in [3.63, 3.8) is 0 Å². The molecular formula is C14H17NO4. The second-order valence-electron chi connectivity index (χ2n) is 3.65. The zero-order valence-corrected chi connectivity index (χ0v) is 11.3. The van der Waals surface area contributed by atoms with Crippen molar-refractivity contribution in [2.45, 2.75) is 13.8 Å². The molecule has 0 atom stereocenters. The van der Waals surface area contributed by atoms with Crippen LogP contribution in [0.25, 0.3) is 0 Å². The number of hydrogen-bond donors (Lipinski definition) is 0. The third kappa shape index (κ3) is 4.46. The molecule has 19 heavy (non-hydrogen) atoms. The number of amides is 1. The lowest BCUT2D eigenvalue weighted by Gasteiger charge is -2.16. The van der Waals surface area contributed by atoms with Crippen molar-refractivity contribution in [3.05, 3.63) is 36.5 Å². The van der Waals surface area contributed by atoms with E-state index >= 15 is 0 Å². The Kier molecular flexibility index (Phi) is 5.60. The minimum Gasteiger partial charge on any atom is -0.497 e. The summed E-state index contributed by atoms with van der Waals surface area (Å²) in [4.78, 5) is 24.2. The fourth-order valence-electron chi connectivity index (χ4n) is 1.44. The van der Waals surface area contributed by atoms with Crippen molar-refractivity contribution in [2.75, 3.05) is 18.6 Å². The van der Waals surface area contributed by atoms with E-state index in [4.69, 9.17) is 9.47 Å². The van der Waals surface area contributed by atoms with Crippen LogP contribution in [0, 0.1) is 0 Å². The highest BCUT2D eigenvalue weighted by Gasteiger charge is 2.09. The van der Waals surface area contributed by atoms with E-state index in [1.807, 2.05) is 0 Å². The van der Waals surface area contributed by atoms with Gasteiger partial charge in [0, 0.05) is 24.9 Å². The first-order valence-corrected chi connectivity index (χ1v) is 5.87. The molecule has 0 spiro atoms. The van der Waals surface area contributed by atoms with E-state index in [-0.39, 0.29) is 5.91 Å². The second kappa shape index (κ2) is 7.20. The normalized spacial score (nSPS) is 10.3. The molecule has 1 aromatic carbocycles. The number of carbonyl (C=O) groups excluding carboxylic acids is 2. The van der Waals surface area contributed by atoms with Gasteiger partial charge in [0.25, 0.3) is 0 Å². The van der Waals surface area contributed by atoms with Crippen LogP contribution in [-0.4, -0.2) is 25.6 Å². The van der Waals surface area contributed by atoms with E-state index in [0.29, 0.717) is 18.0 Å². The third-order valence-electron chi connectivity index (χ3n) is 2.34. The molecule has 102 valence electrons. The van der Waals surface area contributed by atoms with Gasteiger partial charge in [-0.15, -0.1) is 0 Å². The third-order valence-corrected chi connectivity index (χ3v) is 2.34. The summed E-state index contributed by atoms with van der Waals surface area (Å²) in [5.41, 5.74) is 0.647. The Morgan fingerprint density at radius 3 is 2.37 bits per heavy atom. The molecule has 1 amide bonds. The maximum atomic E-state index is 11.6. The lowest BCUT2D eigenvalue weighted by molar-refractivity contribution is -0.137. The first-order chi connectivity index (χ1) is 9.08. The van der Waals surface area contributed by atoms with Crippen LogP contribution in [0.2, 0.25) is 0 Å². The van der Waals surface area contributed by atoms with Crippen LogP contribution < -0.4 is 9.64 Å². The van der Waals surface area contributed by atoms with Gasteiger partial charge in [0.05, 0.1) is 13.7 Å². The van der Waals surface area contributed by atoms with Gasteiger partial charge >= 0.3 is 5.97 Å². The molecule has 0 radical (unpaired) electrons. The summed E-state index contributed by atoms with van der Waals surface area (Å²) in [6, 6.07) is 6.94. The molecule has 0 heterocycles. The van der Waals surface area contributed by atoms with Gasteiger partial charge < -0.3 is 9.47 Å². The fourth-order valence-corrected chi connectivity index (χ4v) is 1.44.